The molecule has 16 heavy (non-hydrogen) atoms. The molecule has 1 unspecified atom stereocenters. The summed E-state index contributed by atoms with van der Waals surface area (Å²) in [6.07, 6.45) is 7.82. The molecule has 0 radical (unpaired) electrons. The van der Waals surface area contributed by atoms with E-state index in [1.165, 1.54) is 4.57 Å². The van der Waals surface area contributed by atoms with Crippen molar-refractivity contribution in [3.63, 3.8) is 0 Å². The first-order chi connectivity index (χ1) is 7.49. The summed E-state index contributed by atoms with van der Waals surface area (Å²) in [6, 6.07) is 0. The molecule has 1 heterocycles. The highest BCUT2D eigenvalue weighted by Gasteiger charge is 2.28. The third kappa shape index (κ3) is 3.18. The van der Waals surface area contributed by atoms with Gasteiger partial charge >= 0.3 is 10.1 Å². The van der Waals surface area contributed by atoms with E-state index < -0.39 is 15.5 Å². The summed E-state index contributed by atoms with van der Waals surface area (Å²) < 4.78 is 34.8. The van der Waals surface area contributed by atoms with Crippen molar-refractivity contribution < 1.29 is 17.5 Å². The molecule has 0 aliphatic heterocycles. The Balaban J connectivity index is 2.97. The highest BCUT2D eigenvalue weighted by molar-refractivity contribution is 7.85. The van der Waals surface area contributed by atoms with Crippen LogP contribution in [0.4, 0.5) is 0 Å². The maximum Gasteiger partial charge on any atom is 0.307 e. The normalized spacial score (nSPS) is 13.6. The number of imidazole rings is 1. The number of rotatable bonds is 6. The van der Waals surface area contributed by atoms with Gasteiger partial charge in [-0.2, -0.15) is 8.42 Å². The molecular formula is C10H17N2O3S+. The van der Waals surface area contributed by atoms with Crippen molar-refractivity contribution in [3.8, 4) is 0 Å². The lowest BCUT2D eigenvalue weighted by atomic mass is 10.3. The lowest BCUT2D eigenvalue weighted by molar-refractivity contribution is -0.686. The average Bonchev–Trinajstić information content (AvgIpc) is 2.61. The van der Waals surface area contributed by atoms with Gasteiger partial charge in [-0.1, -0.05) is 26.0 Å². The molecule has 0 aliphatic rings. The molecule has 0 saturated heterocycles. The molecule has 0 amide bonds. The van der Waals surface area contributed by atoms with E-state index in [0.717, 1.165) is 0 Å². The molecule has 0 fully saturated rings. The summed E-state index contributed by atoms with van der Waals surface area (Å²) in [6.45, 7) is 6.08. The number of allylic oxidation sites excluding steroid dienone is 1. The van der Waals surface area contributed by atoms with Crippen molar-refractivity contribution in [1.29, 1.82) is 0 Å². The monoisotopic (exact) mass is 245 g/mol. The Hall–Kier alpha value is -1.14. The van der Waals surface area contributed by atoms with Crippen LogP contribution in [0.25, 0.3) is 0 Å². The minimum atomic E-state index is -4.06. The van der Waals surface area contributed by atoms with Crippen LogP contribution in [0, 0.1) is 0 Å². The molecule has 6 heteroatoms. The number of nitrogens with zero attached hydrogens (tertiary/aromatic N) is 2. The molecule has 0 bridgehead atoms. The van der Waals surface area contributed by atoms with Crippen LogP contribution in [0.5, 0.6) is 0 Å². The minimum absolute atomic E-state index is 0.390. The summed E-state index contributed by atoms with van der Waals surface area (Å²) >= 11 is 0. The van der Waals surface area contributed by atoms with Gasteiger partial charge in [0.15, 0.2) is 0 Å². The molecule has 1 rings (SSSR count). The summed E-state index contributed by atoms with van der Waals surface area (Å²) in [4.78, 5) is 0. The predicted octanol–water partition coefficient (Wildman–Crippen LogP) is 1.15. The van der Waals surface area contributed by atoms with Crippen LogP contribution in [0.3, 0.4) is 0 Å². The molecule has 0 aliphatic carbocycles. The zero-order valence-electron chi connectivity index (χ0n) is 9.28. The van der Waals surface area contributed by atoms with Gasteiger partial charge in [0, 0.05) is 6.42 Å². The van der Waals surface area contributed by atoms with E-state index in [9.17, 15) is 8.42 Å². The zero-order chi connectivity index (χ0) is 12.2. The Morgan fingerprint density at radius 1 is 1.62 bits per heavy atom. The van der Waals surface area contributed by atoms with Gasteiger partial charge in [-0.3, -0.25) is 4.55 Å². The van der Waals surface area contributed by atoms with Crippen LogP contribution < -0.4 is 4.57 Å². The van der Waals surface area contributed by atoms with Gasteiger partial charge in [0.25, 0.3) is 0 Å². The molecular weight excluding hydrogens is 228 g/mol. The number of aromatic nitrogens is 2. The third-order valence-corrected chi connectivity index (χ3v) is 3.43. The first-order valence-electron chi connectivity index (χ1n) is 5.12. The maximum absolute atomic E-state index is 11.2. The molecule has 1 atom stereocenters. The molecule has 90 valence electrons. The fourth-order valence-corrected chi connectivity index (χ4v) is 2.50. The Bertz CT molecular complexity index is 450. The largest absolute Gasteiger partial charge is 0.307 e. The second-order valence-corrected chi connectivity index (χ2v) is 5.18. The first kappa shape index (κ1) is 12.9. The van der Waals surface area contributed by atoms with Gasteiger partial charge in [-0.05, 0) is 0 Å². The quantitative estimate of drug-likeness (QED) is 0.464. The molecule has 0 saturated carbocycles. The van der Waals surface area contributed by atoms with Crippen molar-refractivity contribution >= 4 is 10.1 Å². The minimum Gasteiger partial charge on any atom is -0.282 e. The standard InChI is InChI=1S/C10H16N2O3S/c1-3-5-10(16(13,14)15)12-8-7-11(9-12)6-4-2/h4,7-10H,2-3,5-6H2,1H3/p+1. The average molecular weight is 245 g/mol. The Morgan fingerprint density at radius 3 is 2.81 bits per heavy atom. The van der Waals surface area contributed by atoms with E-state index in [1.807, 2.05) is 6.92 Å². The van der Waals surface area contributed by atoms with Crippen LogP contribution in [-0.2, 0) is 16.7 Å². The maximum atomic E-state index is 11.2. The first-order valence-corrected chi connectivity index (χ1v) is 6.63. The van der Waals surface area contributed by atoms with Crippen LogP contribution in [0.1, 0.15) is 25.1 Å². The summed E-state index contributed by atoms with van der Waals surface area (Å²) in [5.41, 5.74) is 0. The Morgan fingerprint density at radius 2 is 2.31 bits per heavy atom. The zero-order valence-corrected chi connectivity index (χ0v) is 10.1. The van der Waals surface area contributed by atoms with E-state index in [-0.39, 0.29) is 0 Å². The van der Waals surface area contributed by atoms with Crippen LogP contribution in [0.15, 0.2) is 31.4 Å². The highest BCUT2D eigenvalue weighted by atomic mass is 32.2. The Kier molecular flexibility index (Phi) is 4.26. The van der Waals surface area contributed by atoms with Gasteiger partial charge in [0.2, 0.25) is 11.7 Å². The Labute approximate surface area is 95.8 Å². The summed E-state index contributed by atoms with van der Waals surface area (Å²) in [5.74, 6) is 0. The lowest BCUT2D eigenvalue weighted by Crippen LogP contribution is -2.30. The van der Waals surface area contributed by atoms with E-state index >= 15 is 0 Å². The fraction of sp³-hybridized carbons (Fsp3) is 0.500. The van der Waals surface area contributed by atoms with Crippen molar-refractivity contribution in [2.75, 3.05) is 0 Å². The SMILES string of the molecule is C=CC[n+]1ccn(C(CCC)S(=O)(=O)O)c1. The molecule has 5 nitrogen and oxygen atoms in total. The topological polar surface area (TPSA) is 63.2 Å². The molecule has 0 spiro atoms. The molecule has 1 aromatic heterocycles. The van der Waals surface area contributed by atoms with E-state index in [4.69, 9.17) is 4.55 Å². The van der Waals surface area contributed by atoms with Crippen molar-refractivity contribution in [2.45, 2.75) is 31.7 Å². The second-order valence-electron chi connectivity index (χ2n) is 3.60. The van der Waals surface area contributed by atoms with E-state index in [1.54, 1.807) is 29.4 Å². The van der Waals surface area contributed by atoms with Crippen LogP contribution >= 0.6 is 0 Å². The number of hydrogen-bond donors (Lipinski definition) is 1. The summed E-state index contributed by atoms with van der Waals surface area (Å²) in [5, 5.41) is -0.899. The van der Waals surface area contributed by atoms with Crippen LogP contribution in [0.2, 0.25) is 0 Å². The smallest absolute Gasteiger partial charge is 0.282 e. The lowest BCUT2D eigenvalue weighted by Gasteiger charge is -2.08. The molecule has 1 aromatic rings. The number of hydrogen-bond acceptors (Lipinski definition) is 2. The summed E-state index contributed by atoms with van der Waals surface area (Å²) in [7, 11) is -4.06. The van der Waals surface area contributed by atoms with Crippen molar-refractivity contribution in [3.05, 3.63) is 31.4 Å². The van der Waals surface area contributed by atoms with Gasteiger partial charge in [-0.25, -0.2) is 9.13 Å². The van der Waals surface area contributed by atoms with Crippen molar-refractivity contribution in [1.82, 2.24) is 4.57 Å². The fourth-order valence-electron chi connectivity index (χ4n) is 1.54. The van der Waals surface area contributed by atoms with Crippen LogP contribution in [-0.4, -0.2) is 17.5 Å². The molecule has 0 aromatic carbocycles. The van der Waals surface area contributed by atoms with E-state index in [0.29, 0.717) is 19.4 Å². The van der Waals surface area contributed by atoms with Gasteiger partial charge in [0.05, 0.1) is 0 Å². The van der Waals surface area contributed by atoms with E-state index in [2.05, 4.69) is 6.58 Å². The highest BCUT2D eigenvalue weighted by Crippen LogP contribution is 2.18. The van der Waals surface area contributed by atoms with Gasteiger partial charge < -0.3 is 0 Å². The van der Waals surface area contributed by atoms with Crippen molar-refractivity contribution in [2.24, 2.45) is 0 Å². The third-order valence-electron chi connectivity index (χ3n) is 2.26. The second kappa shape index (κ2) is 5.27. The van der Waals surface area contributed by atoms with Gasteiger partial charge in [0.1, 0.15) is 18.9 Å². The van der Waals surface area contributed by atoms with Gasteiger partial charge in [-0.15, -0.1) is 0 Å². The predicted molar refractivity (Wildman–Crippen MR) is 60.3 cm³/mol. The molecule has 1 N–H and O–H groups in total.